The molecule has 0 saturated heterocycles. The summed E-state index contributed by atoms with van der Waals surface area (Å²) in [4.78, 5) is 0. The standard InChI is InChI=1S/C23H25NO3/c1-17-8-6-12-22(24-2)21(17)16-27-20-11-7-10-19(14-20)26-15-18-9-4-5-13-23(18)25-3/h4-14,24H,15-16H2,1-3H3. The van der Waals surface area contributed by atoms with Crippen molar-refractivity contribution in [3.63, 3.8) is 0 Å². The lowest BCUT2D eigenvalue weighted by Gasteiger charge is -2.14. The van der Waals surface area contributed by atoms with Gasteiger partial charge in [0.15, 0.2) is 0 Å². The Morgan fingerprint density at radius 1 is 0.815 bits per heavy atom. The van der Waals surface area contributed by atoms with Crippen LogP contribution in [0.25, 0.3) is 0 Å². The first-order valence-electron chi connectivity index (χ1n) is 8.95. The lowest BCUT2D eigenvalue weighted by Crippen LogP contribution is -2.03. The van der Waals surface area contributed by atoms with Crippen LogP contribution in [0.5, 0.6) is 17.2 Å². The Morgan fingerprint density at radius 2 is 1.52 bits per heavy atom. The number of nitrogens with one attached hydrogen (secondary N) is 1. The van der Waals surface area contributed by atoms with Crippen LogP contribution in [0.4, 0.5) is 5.69 Å². The Labute approximate surface area is 160 Å². The highest BCUT2D eigenvalue weighted by molar-refractivity contribution is 5.54. The van der Waals surface area contributed by atoms with Crippen molar-refractivity contribution in [3.05, 3.63) is 83.4 Å². The SMILES string of the molecule is CNc1cccc(C)c1COc1cccc(OCc2ccccc2OC)c1. The molecule has 0 aliphatic rings. The molecule has 0 amide bonds. The molecule has 0 aliphatic heterocycles. The van der Waals surface area contributed by atoms with E-state index in [0.29, 0.717) is 13.2 Å². The van der Waals surface area contributed by atoms with Crippen LogP contribution in [0.15, 0.2) is 66.7 Å². The van der Waals surface area contributed by atoms with Gasteiger partial charge in [-0.05, 0) is 36.8 Å². The van der Waals surface area contributed by atoms with Crippen molar-refractivity contribution < 1.29 is 14.2 Å². The zero-order chi connectivity index (χ0) is 19.1. The van der Waals surface area contributed by atoms with Gasteiger partial charge in [-0.3, -0.25) is 0 Å². The molecule has 0 aromatic heterocycles. The van der Waals surface area contributed by atoms with Crippen LogP contribution in [-0.4, -0.2) is 14.2 Å². The zero-order valence-corrected chi connectivity index (χ0v) is 16.0. The molecular formula is C23H25NO3. The number of anilines is 1. The lowest BCUT2D eigenvalue weighted by atomic mass is 10.1. The molecule has 3 rings (SSSR count). The average molecular weight is 363 g/mol. The molecule has 0 unspecified atom stereocenters. The highest BCUT2D eigenvalue weighted by atomic mass is 16.5. The van der Waals surface area contributed by atoms with Crippen LogP contribution in [-0.2, 0) is 13.2 Å². The average Bonchev–Trinajstić information content (AvgIpc) is 2.71. The van der Waals surface area contributed by atoms with Crippen molar-refractivity contribution in [1.29, 1.82) is 0 Å². The van der Waals surface area contributed by atoms with Crippen LogP contribution in [0.3, 0.4) is 0 Å². The summed E-state index contributed by atoms with van der Waals surface area (Å²) >= 11 is 0. The molecule has 27 heavy (non-hydrogen) atoms. The van der Waals surface area contributed by atoms with Crippen molar-refractivity contribution in [2.45, 2.75) is 20.1 Å². The maximum absolute atomic E-state index is 6.01. The van der Waals surface area contributed by atoms with Gasteiger partial charge in [-0.15, -0.1) is 0 Å². The van der Waals surface area contributed by atoms with Crippen molar-refractivity contribution in [2.24, 2.45) is 0 Å². The van der Waals surface area contributed by atoms with Gasteiger partial charge >= 0.3 is 0 Å². The molecule has 0 bridgehead atoms. The maximum atomic E-state index is 6.01. The van der Waals surface area contributed by atoms with Crippen LogP contribution >= 0.6 is 0 Å². The molecule has 140 valence electrons. The van der Waals surface area contributed by atoms with Crippen LogP contribution in [0.2, 0.25) is 0 Å². The van der Waals surface area contributed by atoms with Crippen molar-refractivity contribution in [2.75, 3.05) is 19.5 Å². The number of rotatable bonds is 8. The van der Waals surface area contributed by atoms with Crippen molar-refractivity contribution in [3.8, 4) is 17.2 Å². The summed E-state index contributed by atoms with van der Waals surface area (Å²) in [7, 11) is 3.59. The highest BCUT2D eigenvalue weighted by Gasteiger charge is 2.07. The van der Waals surface area contributed by atoms with Gasteiger partial charge in [-0.1, -0.05) is 36.4 Å². The van der Waals surface area contributed by atoms with E-state index in [-0.39, 0.29) is 0 Å². The van der Waals surface area contributed by atoms with E-state index in [0.717, 1.165) is 34.1 Å². The second kappa shape index (κ2) is 8.99. The summed E-state index contributed by atoms with van der Waals surface area (Å²) in [6, 6.07) is 21.7. The second-order valence-electron chi connectivity index (χ2n) is 6.22. The number of hydrogen-bond donors (Lipinski definition) is 1. The van der Waals surface area contributed by atoms with E-state index in [2.05, 4.69) is 24.4 Å². The fourth-order valence-corrected chi connectivity index (χ4v) is 2.92. The number of ether oxygens (including phenoxy) is 3. The van der Waals surface area contributed by atoms with Gasteiger partial charge in [0.1, 0.15) is 30.5 Å². The Bertz CT molecular complexity index is 892. The summed E-state index contributed by atoms with van der Waals surface area (Å²) < 4.78 is 17.3. The van der Waals surface area contributed by atoms with Gasteiger partial charge in [0, 0.05) is 29.9 Å². The van der Waals surface area contributed by atoms with E-state index in [1.54, 1.807) is 7.11 Å². The maximum Gasteiger partial charge on any atom is 0.125 e. The fraction of sp³-hybridized carbons (Fsp3) is 0.217. The summed E-state index contributed by atoms with van der Waals surface area (Å²) in [6.45, 7) is 3.03. The highest BCUT2D eigenvalue weighted by Crippen LogP contribution is 2.25. The zero-order valence-electron chi connectivity index (χ0n) is 16.0. The number of methoxy groups -OCH3 is 1. The lowest BCUT2D eigenvalue weighted by molar-refractivity contribution is 0.285. The third-order valence-corrected chi connectivity index (χ3v) is 4.46. The largest absolute Gasteiger partial charge is 0.496 e. The number of para-hydroxylation sites is 1. The van der Waals surface area contributed by atoms with E-state index < -0.39 is 0 Å². The molecule has 0 spiro atoms. The van der Waals surface area contributed by atoms with E-state index >= 15 is 0 Å². The molecule has 0 fully saturated rings. The van der Waals surface area contributed by atoms with Gasteiger partial charge in [-0.25, -0.2) is 0 Å². The number of hydrogen-bond acceptors (Lipinski definition) is 4. The third-order valence-electron chi connectivity index (χ3n) is 4.46. The van der Waals surface area contributed by atoms with E-state index in [1.807, 2.05) is 61.6 Å². The summed E-state index contributed by atoms with van der Waals surface area (Å²) in [5.74, 6) is 2.36. The molecular weight excluding hydrogens is 338 g/mol. The first-order valence-corrected chi connectivity index (χ1v) is 8.95. The Hall–Kier alpha value is -3.14. The topological polar surface area (TPSA) is 39.7 Å². The predicted molar refractivity (Wildman–Crippen MR) is 109 cm³/mol. The fourth-order valence-electron chi connectivity index (χ4n) is 2.92. The normalized spacial score (nSPS) is 10.3. The van der Waals surface area contributed by atoms with Crippen LogP contribution in [0, 0.1) is 6.92 Å². The first-order chi connectivity index (χ1) is 13.2. The minimum atomic E-state index is 0.440. The molecule has 0 saturated carbocycles. The molecule has 0 radical (unpaired) electrons. The van der Waals surface area contributed by atoms with E-state index in [4.69, 9.17) is 14.2 Å². The molecule has 0 heterocycles. The smallest absolute Gasteiger partial charge is 0.125 e. The van der Waals surface area contributed by atoms with Gasteiger partial charge in [0.05, 0.1) is 7.11 Å². The number of benzene rings is 3. The predicted octanol–water partition coefficient (Wildman–Crippen LogP) is 5.20. The van der Waals surface area contributed by atoms with Gasteiger partial charge in [0.25, 0.3) is 0 Å². The van der Waals surface area contributed by atoms with Gasteiger partial charge in [-0.2, -0.15) is 0 Å². The minimum absolute atomic E-state index is 0.440. The quantitative estimate of drug-likeness (QED) is 0.597. The van der Waals surface area contributed by atoms with Crippen molar-refractivity contribution >= 4 is 5.69 Å². The van der Waals surface area contributed by atoms with E-state index in [1.165, 1.54) is 5.56 Å². The molecule has 3 aromatic carbocycles. The van der Waals surface area contributed by atoms with Crippen LogP contribution < -0.4 is 19.5 Å². The Balaban J connectivity index is 1.66. The van der Waals surface area contributed by atoms with Crippen molar-refractivity contribution in [1.82, 2.24) is 0 Å². The van der Waals surface area contributed by atoms with Gasteiger partial charge in [0.2, 0.25) is 0 Å². The summed E-state index contributed by atoms with van der Waals surface area (Å²) in [5.41, 5.74) is 4.44. The molecule has 0 aliphatic carbocycles. The Kier molecular flexibility index (Phi) is 6.21. The Morgan fingerprint density at radius 3 is 2.26 bits per heavy atom. The van der Waals surface area contributed by atoms with Crippen LogP contribution in [0.1, 0.15) is 16.7 Å². The summed E-state index contributed by atoms with van der Waals surface area (Å²) in [6.07, 6.45) is 0. The molecule has 1 N–H and O–H groups in total. The number of aryl methyl sites for hydroxylation is 1. The minimum Gasteiger partial charge on any atom is -0.496 e. The first kappa shape index (κ1) is 18.6. The monoisotopic (exact) mass is 363 g/mol. The molecule has 4 heteroatoms. The molecule has 4 nitrogen and oxygen atoms in total. The van der Waals surface area contributed by atoms with E-state index in [9.17, 15) is 0 Å². The third kappa shape index (κ3) is 4.73. The van der Waals surface area contributed by atoms with Gasteiger partial charge < -0.3 is 19.5 Å². The summed E-state index contributed by atoms with van der Waals surface area (Å²) in [5, 5.41) is 3.22. The second-order valence-corrected chi connectivity index (χ2v) is 6.22. The molecule has 3 aromatic rings. The molecule has 0 atom stereocenters.